The highest BCUT2D eigenvalue weighted by atomic mass is 16.4. The van der Waals surface area contributed by atoms with Crippen molar-refractivity contribution in [1.29, 1.82) is 0 Å². The SMILES string of the molecule is C[C@@H](NC(=O)c1nn(C)cc1C(=O)O)C12CC3CC(CC(C3)C1)C2. The van der Waals surface area contributed by atoms with Crippen molar-refractivity contribution in [2.75, 3.05) is 0 Å². The first kappa shape index (κ1) is 15.7. The Morgan fingerprint density at radius 1 is 1.25 bits per heavy atom. The second kappa shape index (κ2) is 5.33. The van der Waals surface area contributed by atoms with E-state index >= 15 is 0 Å². The van der Waals surface area contributed by atoms with Crippen LogP contribution in [0.2, 0.25) is 0 Å². The summed E-state index contributed by atoms with van der Waals surface area (Å²) < 4.78 is 1.38. The molecule has 6 heteroatoms. The number of hydrogen-bond acceptors (Lipinski definition) is 3. The first-order valence-corrected chi connectivity index (χ1v) is 8.94. The minimum Gasteiger partial charge on any atom is -0.478 e. The largest absolute Gasteiger partial charge is 0.478 e. The number of aromatic carboxylic acids is 1. The number of amides is 1. The number of aryl methyl sites for hydroxylation is 1. The molecule has 0 aromatic carbocycles. The van der Waals surface area contributed by atoms with Gasteiger partial charge in [0.1, 0.15) is 5.56 Å². The summed E-state index contributed by atoms with van der Waals surface area (Å²) >= 11 is 0. The van der Waals surface area contributed by atoms with Gasteiger partial charge in [-0.3, -0.25) is 9.48 Å². The highest BCUT2D eigenvalue weighted by Gasteiger charge is 2.53. The average molecular weight is 331 g/mol. The average Bonchev–Trinajstić information content (AvgIpc) is 2.88. The zero-order valence-electron chi connectivity index (χ0n) is 14.3. The Morgan fingerprint density at radius 3 is 2.29 bits per heavy atom. The zero-order chi connectivity index (χ0) is 17.1. The molecule has 0 spiro atoms. The Kier molecular flexibility index (Phi) is 3.48. The summed E-state index contributed by atoms with van der Waals surface area (Å²) in [6.07, 6.45) is 9.08. The van der Waals surface area contributed by atoms with E-state index in [0.29, 0.717) is 0 Å². The van der Waals surface area contributed by atoms with Gasteiger partial charge in [0.15, 0.2) is 5.69 Å². The van der Waals surface area contributed by atoms with Gasteiger partial charge in [-0.25, -0.2) is 4.79 Å². The van der Waals surface area contributed by atoms with Gasteiger partial charge in [-0.15, -0.1) is 0 Å². The molecule has 5 rings (SSSR count). The topological polar surface area (TPSA) is 84.2 Å². The van der Waals surface area contributed by atoms with E-state index in [-0.39, 0.29) is 28.6 Å². The van der Waals surface area contributed by atoms with Crippen LogP contribution in [0.15, 0.2) is 6.20 Å². The maximum Gasteiger partial charge on any atom is 0.339 e. The molecule has 0 saturated heterocycles. The molecule has 6 nitrogen and oxygen atoms in total. The summed E-state index contributed by atoms with van der Waals surface area (Å²) in [7, 11) is 1.63. The van der Waals surface area contributed by atoms with Crippen molar-refractivity contribution in [3.63, 3.8) is 0 Å². The number of carbonyl (C=O) groups is 2. The van der Waals surface area contributed by atoms with E-state index in [0.717, 1.165) is 17.8 Å². The van der Waals surface area contributed by atoms with E-state index < -0.39 is 5.97 Å². The quantitative estimate of drug-likeness (QED) is 0.887. The molecule has 4 aliphatic carbocycles. The van der Waals surface area contributed by atoms with Crippen molar-refractivity contribution < 1.29 is 14.7 Å². The molecule has 130 valence electrons. The number of carboxylic acid groups (broad SMARTS) is 1. The summed E-state index contributed by atoms with van der Waals surface area (Å²) in [5.41, 5.74) is 0.178. The summed E-state index contributed by atoms with van der Waals surface area (Å²) in [5, 5.41) is 16.4. The van der Waals surface area contributed by atoms with Crippen LogP contribution in [-0.4, -0.2) is 32.8 Å². The van der Waals surface area contributed by atoms with E-state index in [4.69, 9.17) is 0 Å². The van der Waals surface area contributed by atoms with Crippen molar-refractivity contribution in [3.05, 3.63) is 17.5 Å². The van der Waals surface area contributed by atoms with E-state index in [2.05, 4.69) is 17.3 Å². The lowest BCUT2D eigenvalue weighted by Gasteiger charge is -2.59. The Balaban J connectivity index is 1.53. The predicted molar refractivity (Wildman–Crippen MR) is 87.7 cm³/mol. The summed E-state index contributed by atoms with van der Waals surface area (Å²) in [6.45, 7) is 2.09. The molecule has 4 saturated carbocycles. The van der Waals surface area contributed by atoms with Crippen LogP contribution in [-0.2, 0) is 7.05 Å². The van der Waals surface area contributed by atoms with Gasteiger partial charge in [-0.1, -0.05) is 0 Å². The fraction of sp³-hybridized carbons (Fsp3) is 0.722. The molecule has 0 unspecified atom stereocenters. The molecule has 1 aromatic rings. The van der Waals surface area contributed by atoms with Gasteiger partial charge in [-0.2, -0.15) is 5.10 Å². The van der Waals surface area contributed by atoms with Gasteiger partial charge in [0.2, 0.25) is 0 Å². The Morgan fingerprint density at radius 2 is 1.79 bits per heavy atom. The van der Waals surface area contributed by atoms with E-state index in [1.54, 1.807) is 7.05 Å². The predicted octanol–water partition coefficient (Wildman–Crippen LogP) is 2.45. The minimum absolute atomic E-state index is 0.0154. The van der Waals surface area contributed by atoms with Gasteiger partial charge in [-0.05, 0) is 68.6 Å². The highest BCUT2D eigenvalue weighted by Crippen LogP contribution is 2.61. The van der Waals surface area contributed by atoms with Gasteiger partial charge in [0.05, 0.1) is 0 Å². The van der Waals surface area contributed by atoms with Crippen LogP contribution in [0.4, 0.5) is 0 Å². The van der Waals surface area contributed by atoms with Crippen LogP contribution in [0.1, 0.15) is 66.3 Å². The molecule has 1 amide bonds. The number of carbonyl (C=O) groups excluding carboxylic acids is 1. The molecule has 4 aliphatic rings. The lowest BCUT2D eigenvalue weighted by atomic mass is 9.48. The Bertz CT molecular complexity index is 658. The molecule has 2 N–H and O–H groups in total. The monoisotopic (exact) mass is 331 g/mol. The molecule has 0 radical (unpaired) electrons. The third-order valence-corrected chi connectivity index (χ3v) is 6.63. The number of rotatable bonds is 4. The number of nitrogens with zero attached hydrogens (tertiary/aromatic N) is 2. The first-order chi connectivity index (χ1) is 11.4. The zero-order valence-corrected chi connectivity index (χ0v) is 14.3. The van der Waals surface area contributed by atoms with Crippen LogP contribution < -0.4 is 5.32 Å². The molecular formula is C18H25N3O3. The van der Waals surface area contributed by atoms with E-state index in [1.165, 1.54) is 49.4 Å². The van der Waals surface area contributed by atoms with Crippen LogP contribution in [0.5, 0.6) is 0 Å². The highest BCUT2D eigenvalue weighted by molar-refractivity contribution is 6.03. The maximum absolute atomic E-state index is 12.6. The van der Waals surface area contributed by atoms with Gasteiger partial charge in [0, 0.05) is 19.3 Å². The van der Waals surface area contributed by atoms with Crippen molar-refractivity contribution in [2.45, 2.75) is 51.5 Å². The van der Waals surface area contributed by atoms with Gasteiger partial charge < -0.3 is 10.4 Å². The van der Waals surface area contributed by atoms with Crippen LogP contribution >= 0.6 is 0 Å². The fourth-order valence-corrected chi connectivity index (χ4v) is 5.94. The standard InChI is InChI=1S/C18H25N3O3/c1-10(18-6-11-3-12(7-18)5-13(4-11)8-18)19-16(22)15-14(17(23)24)9-21(2)20-15/h9-13H,3-8H2,1-2H3,(H,19,22)(H,23,24)/t10-,11?,12?,13?,18?/m1/s1. The normalized spacial score (nSPS) is 35.0. The Labute approximate surface area is 141 Å². The van der Waals surface area contributed by atoms with E-state index in [1.807, 2.05) is 0 Å². The molecular weight excluding hydrogens is 306 g/mol. The third-order valence-electron chi connectivity index (χ3n) is 6.63. The first-order valence-electron chi connectivity index (χ1n) is 8.94. The summed E-state index contributed by atoms with van der Waals surface area (Å²) in [5.74, 6) is 0.979. The second-order valence-electron chi connectivity index (χ2n) is 8.35. The smallest absolute Gasteiger partial charge is 0.339 e. The summed E-state index contributed by atoms with van der Waals surface area (Å²) in [6, 6.07) is 0.0575. The molecule has 0 aliphatic heterocycles. The molecule has 4 fully saturated rings. The molecule has 4 bridgehead atoms. The van der Waals surface area contributed by atoms with Crippen LogP contribution in [0.25, 0.3) is 0 Å². The number of nitrogens with one attached hydrogen (secondary N) is 1. The van der Waals surface area contributed by atoms with Crippen molar-refractivity contribution in [2.24, 2.45) is 30.2 Å². The van der Waals surface area contributed by atoms with Crippen molar-refractivity contribution in [1.82, 2.24) is 15.1 Å². The van der Waals surface area contributed by atoms with Crippen LogP contribution in [0, 0.1) is 23.2 Å². The van der Waals surface area contributed by atoms with Gasteiger partial charge in [0.25, 0.3) is 5.91 Å². The number of hydrogen-bond donors (Lipinski definition) is 2. The van der Waals surface area contributed by atoms with Crippen LogP contribution in [0.3, 0.4) is 0 Å². The second-order valence-corrected chi connectivity index (χ2v) is 8.35. The molecule has 1 atom stereocenters. The lowest BCUT2D eigenvalue weighted by Crippen LogP contribution is -2.55. The minimum atomic E-state index is -1.12. The number of aromatic nitrogens is 2. The van der Waals surface area contributed by atoms with Crippen molar-refractivity contribution >= 4 is 11.9 Å². The maximum atomic E-state index is 12.6. The lowest BCUT2D eigenvalue weighted by molar-refractivity contribution is -0.0688. The molecule has 24 heavy (non-hydrogen) atoms. The van der Waals surface area contributed by atoms with Crippen molar-refractivity contribution in [3.8, 4) is 0 Å². The van der Waals surface area contributed by atoms with E-state index in [9.17, 15) is 14.7 Å². The third kappa shape index (κ3) is 2.43. The Hall–Kier alpha value is -1.85. The molecule has 1 heterocycles. The summed E-state index contributed by atoms with van der Waals surface area (Å²) in [4.78, 5) is 24.0. The molecule has 1 aromatic heterocycles. The van der Waals surface area contributed by atoms with Gasteiger partial charge >= 0.3 is 5.97 Å². The fourth-order valence-electron chi connectivity index (χ4n) is 5.94. The number of carboxylic acids is 1.